The number of ether oxygens (including phenoxy) is 1. The SMILES string of the molecule is CN=C(NCc1nccn1C(F)F)N1CCC(N2CCOCC2)C1. The van der Waals surface area contributed by atoms with Crippen LogP contribution in [0.5, 0.6) is 0 Å². The molecule has 0 aliphatic carbocycles. The van der Waals surface area contributed by atoms with E-state index in [-0.39, 0.29) is 6.54 Å². The van der Waals surface area contributed by atoms with Gasteiger partial charge in [0.1, 0.15) is 5.82 Å². The van der Waals surface area contributed by atoms with Crippen molar-refractivity contribution >= 4 is 5.96 Å². The van der Waals surface area contributed by atoms with E-state index in [0.29, 0.717) is 11.9 Å². The zero-order valence-corrected chi connectivity index (χ0v) is 13.9. The molecule has 3 heterocycles. The highest BCUT2D eigenvalue weighted by atomic mass is 19.3. The normalized spacial score (nSPS) is 23.2. The van der Waals surface area contributed by atoms with Crippen molar-refractivity contribution in [1.82, 2.24) is 24.7 Å². The molecule has 7 nitrogen and oxygen atoms in total. The van der Waals surface area contributed by atoms with E-state index in [0.717, 1.165) is 56.3 Å². The fourth-order valence-corrected chi connectivity index (χ4v) is 3.32. The number of guanidine groups is 1. The van der Waals surface area contributed by atoms with Crippen LogP contribution >= 0.6 is 0 Å². The molecule has 134 valence electrons. The summed E-state index contributed by atoms with van der Waals surface area (Å²) in [5.41, 5.74) is 0. The monoisotopic (exact) mass is 342 g/mol. The number of aliphatic imine (C=N–C) groups is 1. The molecule has 0 saturated carbocycles. The van der Waals surface area contributed by atoms with Crippen LogP contribution in [0.25, 0.3) is 0 Å². The summed E-state index contributed by atoms with van der Waals surface area (Å²) >= 11 is 0. The summed E-state index contributed by atoms with van der Waals surface area (Å²) in [5.74, 6) is 1.03. The molecule has 1 aromatic heterocycles. The standard InChI is InChI=1S/C15H24F2N6O/c1-18-15(20-10-13-19-3-5-23(13)14(16)17)22-4-2-12(11-22)21-6-8-24-9-7-21/h3,5,12,14H,2,4,6-11H2,1H3,(H,18,20). The summed E-state index contributed by atoms with van der Waals surface area (Å²) in [4.78, 5) is 12.9. The first kappa shape index (κ1) is 17.1. The predicted octanol–water partition coefficient (Wildman–Crippen LogP) is 0.760. The first-order valence-electron chi connectivity index (χ1n) is 8.26. The Hall–Kier alpha value is -1.74. The molecule has 1 unspecified atom stereocenters. The van der Waals surface area contributed by atoms with Crippen LogP contribution in [0.2, 0.25) is 0 Å². The number of hydrogen-bond donors (Lipinski definition) is 1. The fraction of sp³-hybridized carbons (Fsp3) is 0.733. The average molecular weight is 342 g/mol. The van der Waals surface area contributed by atoms with Crippen molar-refractivity contribution in [2.75, 3.05) is 46.4 Å². The van der Waals surface area contributed by atoms with Crippen molar-refractivity contribution < 1.29 is 13.5 Å². The first-order chi connectivity index (χ1) is 11.7. The lowest BCUT2D eigenvalue weighted by Crippen LogP contribution is -2.46. The van der Waals surface area contributed by atoms with E-state index in [1.807, 2.05) is 0 Å². The molecule has 24 heavy (non-hydrogen) atoms. The highest BCUT2D eigenvalue weighted by Crippen LogP contribution is 2.17. The van der Waals surface area contributed by atoms with Crippen molar-refractivity contribution in [2.45, 2.75) is 25.6 Å². The number of nitrogens with zero attached hydrogens (tertiary/aromatic N) is 5. The molecule has 2 aliphatic heterocycles. The van der Waals surface area contributed by atoms with E-state index < -0.39 is 6.55 Å². The highest BCUT2D eigenvalue weighted by Gasteiger charge is 2.30. The van der Waals surface area contributed by atoms with Crippen LogP contribution in [0, 0.1) is 0 Å². The fourth-order valence-electron chi connectivity index (χ4n) is 3.32. The lowest BCUT2D eigenvalue weighted by Gasteiger charge is -2.32. The second-order valence-electron chi connectivity index (χ2n) is 5.97. The first-order valence-corrected chi connectivity index (χ1v) is 8.26. The minimum Gasteiger partial charge on any atom is -0.379 e. The van der Waals surface area contributed by atoms with Crippen LogP contribution in [0.1, 0.15) is 18.8 Å². The third kappa shape index (κ3) is 3.84. The molecule has 9 heteroatoms. The third-order valence-corrected chi connectivity index (χ3v) is 4.60. The van der Waals surface area contributed by atoms with Crippen molar-refractivity contribution in [2.24, 2.45) is 4.99 Å². The number of hydrogen-bond acceptors (Lipinski definition) is 4. The number of nitrogens with one attached hydrogen (secondary N) is 1. The van der Waals surface area contributed by atoms with Gasteiger partial charge in [-0.3, -0.25) is 14.5 Å². The van der Waals surface area contributed by atoms with E-state index in [1.165, 1.54) is 12.4 Å². The van der Waals surface area contributed by atoms with Gasteiger partial charge in [-0.25, -0.2) is 4.98 Å². The summed E-state index contributed by atoms with van der Waals surface area (Å²) in [5, 5.41) is 3.15. The summed E-state index contributed by atoms with van der Waals surface area (Å²) in [6, 6.07) is 0.496. The van der Waals surface area contributed by atoms with E-state index in [9.17, 15) is 8.78 Å². The molecule has 1 aromatic rings. The molecule has 2 fully saturated rings. The predicted molar refractivity (Wildman–Crippen MR) is 86.0 cm³/mol. The second kappa shape index (κ2) is 7.89. The Morgan fingerprint density at radius 3 is 2.92 bits per heavy atom. The number of likely N-dealkylation sites (tertiary alicyclic amines) is 1. The molecule has 0 amide bonds. The van der Waals surface area contributed by atoms with Gasteiger partial charge >= 0.3 is 6.55 Å². The van der Waals surface area contributed by atoms with Gasteiger partial charge in [0, 0.05) is 51.7 Å². The summed E-state index contributed by atoms with van der Waals surface area (Å²) < 4.78 is 32.0. The minimum atomic E-state index is -2.58. The molecular weight excluding hydrogens is 318 g/mol. The van der Waals surface area contributed by atoms with Crippen molar-refractivity contribution in [1.29, 1.82) is 0 Å². The lowest BCUT2D eigenvalue weighted by atomic mass is 10.2. The van der Waals surface area contributed by atoms with Crippen LogP contribution < -0.4 is 5.32 Å². The zero-order valence-electron chi connectivity index (χ0n) is 13.9. The molecule has 0 spiro atoms. The van der Waals surface area contributed by atoms with Gasteiger partial charge in [0.25, 0.3) is 0 Å². The summed E-state index contributed by atoms with van der Waals surface area (Å²) in [7, 11) is 1.71. The van der Waals surface area contributed by atoms with Gasteiger partial charge in [0.05, 0.1) is 19.8 Å². The molecule has 2 saturated heterocycles. The molecular formula is C15H24F2N6O. The average Bonchev–Trinajstić information content (AvgIpc) is 3.26. The largest absolute Gasteiger partial charge is 0.379 e. The minimum absolute atomic E-state index is 0.225. The Labute approximate surface area is 140 Å². The Bertz CT molecular complexity index is 558. The second-order valence-corrected chi connectivity index (χ2v) is 5.97. The Kier molecular flexibility index (Phi) is 5.62. The quantitative estimate of drug-likeness (QED) is 0.647. The molecule has 1 N–H and O–H groups in total. The maximum Gasteiger partial charge on any atom is 0.319 e. The van der Waals surface area contributed by atoms with Crippen LogP contribution in [-0.4, -0.2) is 77.8 Å². The number of alkyl halides is 2. The van der Waals surface area contributed by atoms with Gasteiger partial charge in [-0.2, -0.15) is 8.78 Å². The van der Waals surface area contributed by atoms with Crippen LogP contribution in [0.4, 0.5) is 8.78 Å². The Balaban J connectivity index is 1.54. The van der Waals surface area contributed by atoms with Crippen LogP contribution in [-0.2, 0) is 11.3 Å². The lowest BCUT2D eigenvalue weighted by molar-refractivity contribution is 0.0194. The van der Waals surface area contributed by atoms with Gasteiger partial charge < -0.3 is 15.0 Å². The Morgan fingerprint density at radius 2 is 2.21 bits per heavy atom. The maximum atomic E-state index is 12.9. The number of morpholine rings is 1. The number of imidazole rings is 1. The Morgan fingerprint density at radius 1 is 1.42 bits per heavy atom. The van der Waals surface area contributed by atoms with Gasteiger partial charge in [0.15, 0.2) is 5.96 Å². The summed E-state index contributed by atoms with van der Waals surface area (Å²) in [6.45, 7) is 2.96. The topological polar surface area (TPSA) is 57.9 Å². The van der Waals surface area contributed by atoms with Gasteiger partial charge in [-0.15, -0.1) is 0 Å². The van der Waals surface area contributed by atoms with Crippen molar-refractivity contribution in [3.63, 3.8) is 0 Å². The number of rotatable bonds is 4. The van der Waals surface area contributed by atoms with E-state index in [4.69, 9.17) is 4.74 Å². The highest BCUT2D eigenvalue weighted by molar-refractivity contribution is 5.80. The van der Waals surface area contributed by atoms with Crippen molar-refractivity contribution in [3.05, 3.63) is 18.2 Å². The van der Waals surface area contributed by atoms with E-state index in [2.05, 4.69) is 25.1 Å². The molecule has 0 bridgehead atoms. The van der Waals surface area contributed by atoms with Gasteiger partial charge in [0.2, 0.25) is 0 Å². The summed E-state index contributed by atoms with van der Waals surface area (Å²) in [6.07, 6.45) is 3.75. The number of aromatic nitrogens is 2. The van der Waals surface area contributed by atoms with Crippen LogP contribution in [0.3, 0.4) is 0 Å². The van der Waals surface area contributed by atoms with Crippen molar-refractivity contribution in [3.8, 4) is 0 Å². The zero-order chi connectivity index (χ0) is 16.9. The van der Waals surface area contributed by atoms with Gasteiger partial charge in [-0.05, 0) is 6.42 Å². The number of halogens is 2. The molecule has 0 aromatic carbocycles. The van der Waals surface area contributed by atoms with Crippen LogP contribution in [0.15, 0.2) is 17.4 Å². The molecule has 0 radical (unpaired) electrons. The smallest absolute Gasteiger partial charge is 0.319 e. The van der Waals surface area contributed by atoms with E-state index >= 15 is 0 Å². The third-order valence-electron chi connectivity index (χ3n) is 4.60. The molecule has 2 aliphatic rings. The van der Waals surface area contributed by atoms with E-state index in [1.54, 1.807) is 7.05 Å². The molecule has 1 atom stereocenters. The molecule has 3 rings (SSSR count). The maximum absolute atomic E-state index is 12.9. The van der Waals surface area contributed by atoms with Gasteiger partial charge in [-0.1, -0.05) is 0 Å².